The summed E-state index contributed by atoms with van der Waals surface area (Å²) in [5, 5.41) is 6.74. The van der Waals surface area contributed by atoms with Crippen molar-refractivity contribution in [3.05, 3.63) is 65.3 Å². The Kier molecular flexibility index (Phi) is 8.11. The smallest absolute Gasteiger partial charge is 0.435 e. The summed E-state index contributed by atoms with van der Waals surface area (Å²) < 4.78 is 45.2. The largest absolute Gasteiger partial charge is 0.466 e. The van der Waals surface area contributed by atoms with Gasteiger partial charge in [-0.1, -0.05) is 11.6 Å². The number of rotatable bonds is 6. The van der Waals surface area contributed by atoms with Crippen molar-refractivity contribution in [2.75, 3.05) is 14.2 Å². The summed E-state index contributed by atoms with van der Waals surface area (Å²) in [5.41, 5.74) is 1.60. The number of aliphatic imine (C=N–C) groups is 1. The Morgan fingerprint density at radius 1 is 1.25 bits per heavy atom. The molecule has 0 aliphatic heterocycles. The minimum Gasteiger partial charge on any atom is -0.466 e. The molecule has 10 heteroatoms. The number of pyridine rings is 1. The van der Waals surface area contributed by atoms with Crippen LogP contribution in [0.5, 0.6) is 0 Å². The minimum absolute atomic E-state index is 0.265. The van der Waals surface area contributed by atoms with E-state index in [4.69, 9.17) is 0 Å². The number of aromatic nitrogens is 3. The average molecular weight is 447 g/mol. The molecular formula is C22H24F3N5O2. The van der Waals surface area contributed by atoms with Crippen molar-refractivity contribution in [1.82, 2.24) is 20.1 Å². The molecule has 2 aromatic heterocycles. The number of alkyl halides is 3. The van der Waals surface area contributed by atoms with Gasteiger partial charge in [-0.25, -0.2) is 9.48 Å². The lowest BCUT2D eigenvalue weighted by molar-refractivity contribution is -0.141. The van der Waals surface area contributed by atoms with Crippen LogP contribution in [-0.4, -0.2) is 40.7 Å². The second-order valence-electron chi connectivity index (χ2n) is 6.92. The zero-order valence-corrected chi connectivity index (χ0v) is 18.4. The van der Waals surface area contributed by atoms with Gasteiger partial charge in [0.25, 0.3) is 0 Å². The molecule has 0 spiro atoms. The molecule has 0 aliphatic rings. The number of amidine groups is 1. The van der Waals surface area contributed by atoms with E-state index in [9.17, 15) is 18.0 Å². The van der Waals surface area contributed by atoms with Gasteiger partial charge < -0.3 is 10.1 Å². The molecule has 2 rings (SSSR count). The van der Waals surface area contributed by atoms with Gasteiger partial charge >= 0.3 is 12.1 Å². The van der Waals surface area contributed by atoms with E-state index >= 15 is 0 Å². The first-order valence-corrected chi connectivity index (χ1v) is 9.49. The van der Waals surface area contributed by atoms with Crippen molar-refractivity contribution in [3.63, 3.8) is 0 Å². The van der Waals surface area contributed by atoms with Gasteiger partial charge in [0.05, 0.1) is 12.9 Å². The zero-order valence-electron chi connectivity index (χ0n) is 18.4. The fourth-order valence-corrected chi connectivity index (χ4v) is 2.58. The van der Waals surface area contributed by atoms with Gasteiger partial charge in [0.2, 0.25) is 0 Å². The van der Waals surface area contributed by atoms with Gasteiger partial charge in [-0.3, -0.25) is 9.98 Å². The number of esters is 1. The lowest BCUT2D eigenvalue weighted by Gasteiger charge is -2.16. The molecule has 0 radical (unpaired) electrons. The predicted octanol–water partition coefficient (Wildman–Crippen LogP) is 4.41. The third kappa shape index (κ3) is 6.66. The van der Waals surface area contributed by atoms with Gasteiger partial charge in [0.1, 0.15) is 5.82 Å². The second-order valence-corrected chi connectivity index (χ2v) is 6.92. The lowest BCUT2D eigenvalue weighted by atomic mass is 10.0. The highest BCUT2D eigenvalue weighted by Gasteiger charge is 2.34. The molecule has 0 bridgehead atoms. The monoisotopic (exact) mass is 447 g/mol. The third-order valence-electron chi connectivity index (χ3n) is 4.11. The van der Waals surface area contributed by atoms with Crippen LogP contribution >= 0.6 is 0 Å². The molecule has 0 unspecified atom stereocenters. The molecular weight excluding hydrogens is 423 g/mol. The van der Waals surface area contributed by atoms with Crippen molar-refractivity contribution < 1.29 is 22.7 Å². The summed E-state index contributed by atoms with van der Waals surface area (Å²) in [7, 11) is 2.83. The Labute approximate surface area is 184 Å². The summed E-state index contributed by atoms with van der Waals surface area (Å²) in [6.45, 7) is 5.40. The first-order valence-electron chi connectivity index (χ1n) is 9.49. The number of allylic oxidation sites excluding steroid dienone is 3. The Morgan fingerprint density at radius 3 is 2.53 bits per heavy atom. The van der Waals surface area contributed by atoms with Crippen molar-refractivity contribution in [3.8, 4) is 0 Å². The van der Waals surface area contributed by atoms with Crippen LogP contribution in [0.3, 0.4) is 0 Å². The normalized spacial score (nSPS) is 13.1. The number of nitrogens with zero attached hydrogens (tertiary/aromatic N) is 4. The van der Waals surface area contributed by atoms with E-state index in [1.54, 1.807) is 38.5 Å². The molecule has 170 valence electrons. The van der Waals surface area contributed by atoms with Gasteiger partial charge in [0, 0.05) is 42.9 Å². The lowest BCUT2D eigenvalue weighted by Crippen LogP contribution is -2.24. The van der Waals surface area contributed by atoms with Crippen LogP contribution in [0.15, 0.2) is 53.4 Å². The summed E-state index contributed by atoms with van der Waals surface area (Å²) in [4.78, 5) is 19.7. The number of methoxy groups -OCH3 is 1. The van der Waals surface area contributed by atoms with E-state index in [2.05, 4.69) is 25.1 Å². The van der Waals surface area contributed by atoms with E-state index in [-0.39, 0.29) is 5.82 Å². The molecule has 2 aromatic rings. The van der Waals surface area contributed by atoms with Crippen LogP contribution in [0.4, 0.5) is 13.2 Å². The van der Waals surface area contributed by atoms with E-state index in [0.717, 1.165) is 16.3 Å². The molecule has 0 aromatic carbocycles. The van der Waals surface area contributed by atoms with Gasteiger partial charge in [-0.2, -0.15) is 18.3 Å². The Bertz CT molecular complexity index is 1090. The van der Waals surface area contributed by atoms with Crippen molar-refractivity contribution in [2.24, 2.45) is 4.99 Å². The Hall–Kier alpha value is -3.69. The molecule has 0 amide bonds. The average Bonchev–Trinajstić information content (AvgIpc) is 3.24. The van der Waals surface area contributed by atoms with Crippen LogP contribution in [0, 0.1) is 0 Å². The molecule has 0 fully saturated rings. The molecule has 0 aliphatic carbocycles. The van der Waals surface area contributed by atoms with Crippen LogP contribution in [0.2, 0.25) is 0 Å². The molecule has 1 N–H and O–H groups in total. The SMILES string of the molecule is CN=C(C)N/C(=C(\C=C(C)C)c1cncc(/C=C/C(=O)OC)c1)n1ccc(C(F)(F)F)n1. The van der Waals surface area contributed by atoms with Gasteiger partial charge in [0.15, 0.2) is 5.69 Å². The molecule has 0 saturated heterocycles. The number of hydrogen-bond acceptors (Lipinski definition) is 5. The van der Waals surface area contributed by atoms with E-state index in [1.807, 2.05) is 13.8 Å². The molecule has 32 heavy (non-hydrogen) atoms. The van der Waals surface area contributed by atoms with E-state index in [0.29, 0.717) is 22.5 Å². The van der Waals surface area contributed by atoms with Gasteiger partial charge in [-0.05, 0) is 44.5 Å². The highest BCUT2D eigenvalue weighted by molar-refractivity contribution is 5.96. The van der Waals surface area contributed by atoms with Crippen molar-refractivity contribution in [1.29, 1.82) is 0 Å². The molecule has 0 atom stereocenters. The highest BCUT2D eigenvalue weighted by Crippen LogP contribution is 2.29. The predicted molar refractivity (Wildman–Crippen MR) is 117 cm³/mol. The van der Waals surface area contributed by atoms with E-state index < -0.39 is 17.8 Å². The third-order valence-corrected chi connectivity index (χ3v) is 4.11. The number of halogens is 3. The number of nitrogens with one attached hydrogen (secondary N) is 1. The van der Waals surface area contributed by atoms with Crippen molar-refractivity contribution in [2.45, 2.75) is 26.9 Å². The Morgan fingerprint density at radius 2 is 1.97 bits per heavy atom. The first-order chi connectivity index (χ1) is 15.0. The number of carbonyl (C=O) groups excluding carboxylic acids is 1. The first kappa shape index (κ1) is 24.6. The van der Waals surface area contributed by atoms with Crippen LogP contribution < -0.4 is 5.32 Å². The summed E-state index contributed by atoms with van der Waals surface area (Å²) in [6, 6.07) is 2.64. The number of carbonyl (C=O) groups is 1. The summed E-state index contributed by atoms with van der Waals surface area (Å²) in [5.74, 6) is 0.211. The summed E-state index contributed by atoms with van der Waals surface area (Å²) >= 11 is 0. The van der Waals surface area contributed by atoms with Gasteiger partial charge in [-0.15, -0.1) is 0 Å². The maximum Gasteiger partial charge on any atom is 0.435 e. The van der Waals surface area contributed by atoms with E-state index in [1.165, 1.54) is 25.5 Å². The topological polar surface area (TPSA) is 81.4 Å². The second kappa shape index (κ2) is 10.6. The van der Waals surface area contributed by atoms with Crippen LogP contribution in [-0.2, 0) is 15.7 Å². The molecule has 2 heterocycles. The molecule has 7 nitrogen and oxygen atoms in total. The fourth-order valence-electron chi connectivity index (χ4n) is 2.58. The Balaban J connectivity index is 2.73. The fraction of sp³-hybridized carbons (Fsp3) is 0.273. The maximum absolute atomic E-state index is 13.2. The van der Waals surface area contributed by atoms with Crippen LogP contribution in [0.1, 0.15) is 37.6 Å². The van der Waals surface area contributed by atoms with Crippen LogP contribution in [0.25, 0.3) is 17.5 Å². The minimum atomic E-state index is -4.58. The standard InChI is InChI=1S/C22H24F3N5O2/c1-14(2)10-18(17-11-16(12-27-13-17)6-7-20(31)32-5)21(28-15(3)26-4)30-9-8-19(29-30)22(23,24)25/h6-13H,1-5H3,(H,26,28)/b7-6+,21-18-. The summed E-state index contributed by atoms with van der Waals surface area (Å²) in [6.07, 6.45) is 4.34. The zero-order chi connectivity index (χ0) is 23.9. The highest BCUT2D eigenvalue weighted by atomic mass is 19.4. The molecule has 0 saturated carbocycles. The quantitative estimate of drug-likeness (QED) is 0.233. The maximum atomic E-state index is 13.2. The number of ether oxygens (including phenoxy) is 1. The number of hydrogen-bond donors (Lipinski definition) is 1. The van der Waals surface area contributed by atoms with Crippen molar-refractivity contribution >= 4 is 29.3 Å².